The molecule has 0 saturated heterocycles. The molecular weight excluding hydrogens is 218 g/mol. The Bertz CT molecular complexity index is 368. The van der Waals surface area contributed by atoms with Crippen LogP contribution in [0.25, 0.3) is 0 Å². The Balaban J connectivity index is 2.35. The van der Waals surface area contributed by atoms with Crippen molar-refractivity contribution < 1.29 is 9.47 Å². The maximum atomic E-state index is 7.20. The maximum absolute atomic E-state index is 7.20. The van der Waals surface area contributed by atoms with E-state index in [0.29, 0.717) is 24.7 Å². The number of nitrogens with zero attached hydrogens (tertiary/aromatic N) is 1. The summed E-state index contributed by atoms with van der Waals surface area (Å²) in [5, 5.41) is 7.20. The summed E-state index contributed by atoms with van der Waals surface area (Å²) in [4.78, 5) is 3.99. The first-order valence-corrected chi connectivity index (χ1v) is 5.46. The molecule has 0 aromatic carbocycles. The Hall–Kier alpha value is -1.62. The van der Waals surface area contributed by atoms with Gasteiger partial charge in [0.05, 0.1) is 18.4 Å². The van der Waals surface area contributed by atoms with Crippen molar-refractivity contribution in [1.29, 1.82) is 5.41 Å². The molecule has 0 amide bonds. The van der Waals surface area contributed by atoms with Gasteiger partial charge in [-0.15, -0.1) is 0 Å². The standard InChI is InChI=1S/C12H19N3O2/c1-12(2,3)17-7-6-16-9-4-5-10(11(13)14)15-8-9/h4-5,8H,6-7H2,1-3H3,(H3,13,14). The monoisotopic (exact) mass is 237 g/mol. The second kappa shape index (κ2) is 5.63. The van der Waals surface area contributed by atoms with E-state index < -0.39 is 0 Å². The molecule has 0 bridgehead atoms. The van der Waals surface area contributed by atoms with Gasteiger partial charge >= 0.3 is 0 Å². The van der Waals surface area contributed by atoms with Gasteiger partial charge in [-0.1, -0.05) is 0 Å². The fourth-order valence-corrected chi connectivity index (χ4v) is 1.13. The Kier molecular flexibility index (Phi) is 4.45. The first-order chi connectivity index (χ1) is 7.88. The summed E-state index contributed by atoms with van der Waals surface area (Å²) in [6.45, 7) is 6.99. The van der Waals surface area contributed by atoms with E-state index in [1.807, 2.05) is 20.8 Å². The van der Waals surface area contributed by atoms with Crippen molar-refractivity contribution in [3.8, 4) is 5.75 Å². The number of hydrogen-bond acceptors (Lipinski definition) is 4. The van der Waals surface area contributed by atoms with Crippen LogP contribution < -0.4 is 10.5 Å². The van der Waals surface area contributed by atoms with Gasteiger partial charge in [0.2, 0.25) is 0 Å². The van der Waals surface area contributed by atoms with Gasteiger partial charge in [-0.3, -0.25) is 5.41 Å². The number of nitrogens with one attached hydrogen (secondary N) is 1. The Morgan fingerprint density at radius 1 is 1.35 bits per heavy atom. The third-order valence-corrected chi connectivity index (χ3v) is 1.90. The van der Waals surface area contributed by atoms with Gasteiger partial charge in [0.25, 0.3) is 0 Å². The van der Waals surface area contributed by atoms with Crippen LogP contribution in [0.15, 0.2) is 18.3 Å². The molecule has 5 heteroatoms. The van der Waals surface area contributed by atoms with Gasteiger partial charge in [0, 0.05) is 0 Å². The summed E-state index contributed by atoms with van der Waals surface area (Å²) in [6.07, 6.45) is 1.55. The number of hydrogen-bond donors (Lipinski definition) is 2. The minimum absolute atomic E-state index is 0.0485. The zero-order chi connectivity index (χ0) is 12.9. The van der Waals surface area contributed by atoms with E-state index in [4.69, 9.17) is 20.6 Å². The molecule has 1 heterocycles. The second-order valence-electron chi connectivity index (χ2n) is 4.60. The molecule has 0 fully saturated rings. The Morgan fingerprint density at radius 3 is 2.53 bits per heavy atom. The Labute approximate surface area is 101 Å². The lowest BCUT2D eigenvalue weighted by atomic mass is 10.2. The van der Waals surface area contributed by atoms with Crippen LogP contribution in [0.5, 0.6) is 5.75 Å². The lowest BCUT2D eigenvalue weighted by Crippen LogP contribution is -2.22. The van der Waals surface area contributed by atoms with E-state index in [1.165, 1.54) is 0 Å². The van der Waals surface area contributed by atoms with Crippen molar-refractivity contribution in [2.45, 2.75) is 26.4 Å². The minimum Gasteiger partial charge on any atom is -0.490 e. The van der Waals surface area contributed by atoms with E-state index in [-0.39, 0.29) is 11.4 Å². The second-order valence-corrected chi connectivity index (χ2v) is 4.60. The average molecular weight is 237 g/mol. The third kappa shape index (κ3) is 5.31. The van der Waals surface area contributed by atoms with Crippen LogP contribution in [0.1, 0.15) is 26.5 Å². The van der Waals surface area contributed by atoms with Crippen molar-refractivity contribution in [1.82, 2.24) is 4.98 Å². The van der Waals surface area contributed by atoms with Gasteiger partial charge in [-0.2, -0.15) is 0 Å². The lowest BCUT2D eigenvalue weighted by molar-refractivity contribution is -0.0163. The molecular formula is C12H19N3O2. The SMILES string of the molecule is CC(C)(C)OCCOc1ccc(C(=N)N)nc1. The van der Waals surface area contributed by atoms with Gasteiger partial charge in [0.15, 0.2) is 0 Å². The molecule has 0 saturated carbocycles. The smallest absolute Gasteiger partial charge is 0.141 e. The number of ether oxygens (including phenoxy) is 2. The molecule has 1 aromatic heterocycles. The average Bonchev–Trinajstić information content (AvgIpc) is 2.24. The number of nitrogen functional groups attached to an aromatic ring is 1. The van der Waals surface area contributed by atoms with Crippen LogP contribution in [0.3, 0.4) is 0 Å². The van der Waals surface area contributed by atoms with Crippen LogP contribution in [-0.4, -0.2) is 29.6 Å². The highest BCUT2D eigenvalue weighted by Crippen LogP contribution is 2.10. The first-order valence-electron chi connectivity index (χ1n) is 5.46. The van der Waals surface area contributed by atoms with E-state index in [9.17, 15) is 0 Å². The number of nitrogens with two attached hydrogens (primary N) is 1. The number of rotatable bonds is 5. The van der Waals surface area contributed by atoms with Gasteiger partial charge in [0.1, 0.15) is 23.9 Å². The largest absolute Gasteiger partial charge is 0.490 e. The number of aromatic nitrogens is 1. The molecule has 0 aliphatic carbocycles. The zero-order valence-corrected chi connectivity index (χ0v) is 10.5. The molecule has 0 spiro atoms. The van der Waals surface area contributed by atoms with E-state index in [0.717, 1.165) is 0 Å². The molecule has 3 N–H and O–H groups in total. The van der Waals surface area contributed by atoms with E-state index >= 15 is 0 Å². The molecule has 1 rings (SSSR count). The predicted octanol–water partition coefficient (Wildman–Crippen LogP) is 1.56. The summed E-state index contributed by atoms with van der Waals surface area (Å²) >= 11 is 0. The van der Waals surface area contributed by atoms with Gasteiger partial charge in [-0.05, 0) is 32.9 Å². The van der Waals surface area contributed by atoms with Crippen molar-refractivity contribution in [2.75, 3.05) is 13.2 Å². The highest BCUT2D eigenvalue weighted by Gasteiger charge is 2.09. The normalized spacial score (nSPS) is 11.2. The zero-order valence-electron chi connectivity index (χ0n) is 10.5. The summed E-state index contributed by atoms with van der Waals surface area (Å²) in [7, 11) is 0. The van der Waals surface area contributed by atoms with Crippen LogP contribution in [-0.2, 0) is 4.74 Å². The first kappa shape index (κ1) is 13.4. The molecule has 0 aliphatic heterocycles. The van der Waals surface area contributed by atoms with Crippen LogP contribution in [0, 0.1) is 5.41 Å². The van der Waals surface area contributed by atoms with Crippen LogP contribution in [0.4, 0.5) is 0 Å². The molecule has 94 valence electrons. The summed E-state index contributed by atoms with van der Waals surface area (Å²) in [6, 6.07) is 3.39. The fraction of sp³-hybridized carbons (Fsp3) is 0.500. The minimum atomic E-state index is -0.153. The number of amidine groups is 1. The van der Waals surface area contributed by atoms with Crippen molar-refractivity contribution in [3.05, 3.63) is 24.0 Å². The highest BCUT2D eigenvalue weighted by atomic mass is 16.5. The van der Waals surface area contributed by atoms with Crippen molar-refractivity contribution in [3.63, 3.8) is 0 Å². The van der Waals surface area contributed by atoms with Crippen molar-refractivity contribution >= 4 is 5.84 Å². The highest BCUT2D eigenvalue weighted by molar-refractivity contribution is 5.92. The predicted molar refractivity (Wildman–Crippen MR) is 66.5 cm³/mol. The molecule has 0 unspecified atom stereocenters. The molecule has 0 atom stereocenters. The Morgan fingerprint density at radius 2 is 2.06 bits per heavy atom. The molecule has 1 aromatic rings. The molecule has 0 radical (unpaired) electrons. The third-order valence-electron chi connectivity index (χ3n) is 1.90. The van der Waals surface area contributed by atoms with Crippen LogP contribution in [0.2, 0.25) is 0 Å². The van der Waals surface area contributed by atoms with E-state index in [1.54, 1.807) is 18.3 Å². The quantitative estimate of drug-likeness (QED) is 0.462. The molecule has 5 nitrogen and oxygen atoms in total. The molecule has 0 aliphatic rings. The van der Waals surface area contributed by atoms with Crippen LogP contribution >= 0.6 is 0 Å². The maximum Gasteiger partial charge on any atom is 0.141 e. The van der Waals surface area contributed by atoms with E-state index in [2.05, 4.69) is 4.98 Å². The van der Waals surface area contributed by atoms with Gasteiger partial charge < -0.3 is 15.2 Å². The summed E-state index contributed by atoms with van der Waals surface area (Å²) in [5.41, 5.74) is 5.59. The summed E-state index contributed by atoms with van der Waals surface area (Å²) < 4.78 is 11.0. The lowest BCUT2D eigenvalue weighted by Gasteiger charge is -2.19. The molecule has 17 heavy (non-hydrogen) atoms. The fourth-order valence-electron chi connectivity index (χ4n) is 1.13. The van der Waals surface area contributed by atoms with Crippen molar-refractivity contribution in [2.24, 2.45) is 5.73 Å². The topological polar surface area (TPSA) is 81.2 Å². The van der Waals surface area contributed by atoms with Gasteiger partial charge in [-0.25, -0.2) is 4.98 Å². The summed E-state index contributed by atoms with van der Waals surface area (Å²) in [5.74, 6) is 0.597. The number of pyridine rings is 1.